The highest BCUT2D eigenvalue weighted by atomic mass is 16.1. The maximum absolute atomic E-state index is 11.4. The zero-order valence-electron chi connectivity index (χ0n) is 13.1. The van der Waals surface area contributed by atoms with Gasteiger partial charge in [0.05, 0.1) is 0 Å². The van der Waals surface area contributed by atoms with Crippen LogP contribution in [-0.4, -0.2) is 48.9 Å². The van der Waals surface area contributed by atoms with Gasteiger partial charge in [-0.2, -0.15) is 0 Å². The molecule has 114 valence electrons. The molecule has 0 aromatic heterocycles. The molecule has 2 rings (SSSR count). The molecule has 1 amide bonds. The molecular weight excluding hydrogens is 250 g/mol. The number of carbonyl (C=O) groups excluding carboxylic acids is 1. The van der Waals surface area contributed by atoms with Crippen LogP contribution in [0.4, 0.5) is 0 Å². The van der Waals surface area contributed by atoms with Crippen molar-refractivity contribution in [2.45, 2.75) is 26.9 Å². The first-order chi connectivity index (χ1) is 9.66. The number of likely N-dealkylation sites (N-methyl/N-ethyl adjacent to an activating group) is 1. The van der Waals surface area contributed by atoms with Gasteiger partial charge in [-0.05, 0) is 12.6 Å². The van der Waals surface area contributed by atoms with Gasteiger partial charge in [0.25, 0.3) is 0 Å². The van der Waals surface area contributed by atoms with E-state index in [0.29, 0.717) is 0 Å². The van der Waals surface area contributed by atoms with E-state index in [-0.39, 0.29) is 13.5 Å². The minimum atomic E-state index is -0.00241. The van der Waals surface area contributed by atoms with Crippen molar-refractivity contribution in [3.8, 4) is 0 Å². The first kappa shape index (κ1) is 16.7. The Labute approximate surface area is 124 Å². The third kappa shape index (κ3) is 4.94. The van der Waals surface area contributed by atoms with Gasteiger partial charge in [0, 0.05) is 34.5 Å². The first-order valence-electron chi connectivity index (χ1n) is 7.41. The maximum Gasteiger partial charge on any atom is 0.218 e. The Balaban J connectivity index is 0.00000128. The van der Waals surface area contributed by atoms with Crippen LogP contribution in [-0.2, 0) is 4.79 Å². The second kappa shape index (κ2) is 8.72. The van der Waals surface area contributed by atoms with Crippen molar-refractivity contribution >= 4 is 5.91 Å². The molecule has 1 N–H and O–H groups in total. The smallest absolute Gasteiger partial charge is 0.218 e. The van der Waals surface area contributed by atoms with Gasteiger partial charge in [-0.1, -0.05) is 44.2 Å². The average Bonchev–Trinajstić information content (AvgIpc) is 2.49. The summed E-state index contributed by atoms with van der Waals surface area (Å²) >= 11 is 0. The molecule has 4 heteroatoms. The molecule has 1 aliphatic rings. The van der Waals surface area contributed by atoms with Crippen molar-refractivity contribution in [2.24, 2.45) is 0 Å². The summed E-state index contributed by atoms with van der Waals surface area (Å²) in [6, 6.07) is 10.2. The molecule has 20 heavy (non-hydrogen) atoms. The van der Waals surface area contributed by atoms with Crippen LogP contribution >= 0.6 is 0 Å². The van der Waals surface area contributed by atoms with E-state index in [0.717, 1.165) is 31.7 Å². The van der Waals surface area contributed by atoms with E-state index >= 15 is 0 Å². The van der Waals surface area contributed by atoms with E-state index in [1.807, 2.05) is 32.0 Å². The third-order valence-electron chi connectivity index (χ3n) is 3.36. The van der Waals surface area contributed by atoms with Gasteiger partial charge < -0.3 is 10.2 Å². The second-order valence-corrected chi connectivity index (χ2v) is 4.85. The Hall–Kier alpha value is -1.39. The molecule has 1 aromatic carbocycles. The highest BCUT2D eigenvalue weighted by molar-refractivity contribution is 5.73. The third-order valence-corrected chi connectivity index (χ3v) is 3.36. The fraction of sp³-hybridized carbons (Fsp3) is 0.562. The van der Waals surface area contributed by atoms with Crippen LogP contribution in [0, 0.1) is 0 Å². The summed E-state index contributed by atoms with van der Waals surface area (Å²) in [5.74, 6) is 0.0165. The number of hydrogen-bond acceptors (Lipinski definition) is 3. The van der Waals surface area contributed by atoms with Crippen molar-refractivity contribution in [1.82, 2.24) is 15.1 Å². The Morgan fingerprint density at radius 2 is 1.70 bits per heavy atom. The van der Waals surface area contributed by atoms with E-state index in [1.54, 1.807) is 6.92 Å². The number of hydrogen-bond donors (Lipinski definition) is 1. The van der Waals surface area contributed by atoms with Crippen molar-refractivity contribution in [1.29, 1.82) is 0 Å². The molecule has 1 unspecified atom stereocenters. The van der Waals surface area contributed by atoms with Crippen molar-refractivity contribution in [3.05, 3.63) is 35.9 Å². The average molecular weight is 279 g/mol. The number of piperazine rings is 1. The Kier molecular flexibility index (Phi) is 7.26. The maximum atomic E-state index is 11.4. The van der Waals surface area contributed by atoms with Gasteiger partial charge in [-0.3, -0.25) is 9.69 Å². The van der Waals surface area contributed by atoms with Gasteiger partial charge >= 0.3 is 0 Å². The van der Waals surface area contributed by atoms with Crippen LogP contribution in [0.15, 0.2) is 30.3 Å². The molecule has 0 saturated carbocycles. The normalized spacial score (nSPS) is 17.8. The predicted molar refractivity (Wildman–Crippen MR) is 85.5 cm³/mol. The fourth-order valence-electron chi connectivity index (χ4n) is 2.29. The summed E-state index contributed by atoms with van der Waals surface area (Å²) in [6.07, 6.45) is -0.00241. The molecule has 1 atom stereocenters. The van der Waals surface area contributed by atoms with E-state index in [9.17, 15) is 4.79 Å². The molecule has 0 spiro atoms. The van der Waals surface area contributed by atoms with E-state index in [1.165, 1.54) is 0 Å². The Bertz CT molecular complexity index is 392. The summed E-state index contributed by atoms with van der Waals surface area (Å²) in [5.41, 5.74) is 1.15. The standard InChI is InChI=1S/C14H21N3O.C2H6.H2/c1-12(18)15-14(13-6-4-3-5-7-13)17-10-8-16(2)9-11-17;1-2;/h3-7,14H,8-11H2,1-2H3,(H,15,18);1-2H3;1H. The van der Waals surface area contributed by atoms with E-state index in [2.05, 4.69) is 34.3 Å². The van der Waals surface area contributed by atoms with Gasteiger partial charge in [-0.15, -0.1) is 0 Å². The molecule has 1 fully saturated rings. The van der Waals surface area contributed by atoms with Crippen LogP contribution < -0.4 is 5.32 Å². The van der Waals surface area contributed by atoms with E-state index in [4.69, 9.17) is 0 Å². The van der Waals surface area contributed by atoms with Crippen LogP contribution in [0.2, 0.25) is 0 Å². The topological polar surface area (TPSA) is 35.6 Å². The quantitative estimate of drug-likeness (QED) is 0.922. The molecule has 1 aromatic rings. The lowest BCUT2D eigenvalue weighted by atomic mass is 10.1. The number of benzene rings is 1. The lowest BCUT2D eigenvalue weighted by Crippen LogP contribution is -2.50. The van der Waals surface area contributed by atoms with Crippen molar-refractivity contribution in [3.63, 3.8) is 0 Å². The zero-order valence-corrected chi connectivity index (χ0v) is 13.1. The van der Waals surface area contributed by atoms with Crippen LogP contribution in [0.1, 0.15) is 33.9 Å². The number of carbonyl (C=O) groups is 1. The summed E-state index contributed by atoms with van der Waals surface area (Å²) in [5, 5.41) is 3.05. The molecular formula is C16H29N3O. The summed E-state index contributed by atoms with van der Waals surface area (Å²) in [7, 11) is 2.13. The summed E-state index contributed by atoms with van der Waals surface area (Å²) < 4.78 is 0. The zero-order chi connectivity index (χ0) is 15.0. The highest BCUT2D eigenvalue weighted by Gasteiger charge is 2.24. The molecule has 0 radical (unpaired) electrons. The summed E-state index contributed by atoms with van der Waals surface area (Å²) in [4.78, 5) is 16.0. The van der Waals surface area contributed by atoms with Crippen molar-refractivity contribution in [2.75, 3.05) is 33.2 Å². The minimum absolute atomic E-state index is 0. The largest absolute Gasteiger partial charge is 0.337 e. The number of rotatable bonds is 3. The van der Waals surface area contributed by atoms with Gasteiger partial charge in [-0.25, -0.2) is 0 Å². The lowest BCUT2D eigenvalue weighted by molar-refractivity contribution is -0.121. The minimum Gasteiger partial charge on any atom is -0.337 e. The van der Waals surface area contributed by atoms with Gasteiger partial charge in [0.2, 0.25) is 5.91 Å². The molecule has 1 aliphatic heterocycles. The molecule has 1 saturated heterocycles. The molecule has 1 heterocycles. The predicted octanol–water partition coefficient (Wildman–Crippen LogP) is 2.34. The number of nitrogens with one attached hydrogen (secondary N) is 1. The fourth-order valence-corrected chi connectivity index (χ4v) is 2.29. The molecule has 4 nitrogen and oxygen atoms in total. The van der Waals surface area contributed by atoms with Crippen LogP contribution in [0.25, 0.3) is 0 Å². The molecule has 0 bridgehead atoms. The number of amides is 1. The van der Waals surface area contributed by atoms with Crippen LogP contribution in [0.3, 0.4) is 0 Å². The van der Waals surface area contributed by atoms with Gasteiger partial charge in [0.15, 0.2) is 0 Å². The van der Waals surface area contributed by atoms with Crippen molar-refractivity contribution < 1.29 is 6.22 Å². The monoisotopic (exact) mass is 279 g/mol. The Morgan fingerprint density at radius 3 is 2.20 bits per heavy atom. The van der Waals surface area contributed by atoms with E-state index < -0.39 is 0 Å². The lowest BCUT2D eigenvalue weighted by Gasteiger charge is -2.38. The SMILES string of the molecule is CC.CC(=O)NC(c1ccccc1)N1CCN(C)CC1.[HH]. The van der Waals surface area contributed by atoms with Gasteiger partial charge in [0.1, 0.15) is 6.17 Å². The highest BCUT2D eigenvalue weighted by Crippen LogP contribution is 2.19. The molecule has 0 aliphatic carbocycles. The first-order valence-corrected chi connectivity index (χ1v) is 7.41. The summed E-state index contributed by atoms with van der Waals surface area (Å²) in [6.45, 7) is 9.63. The Morgan fingerprint density at radius 1 is 1.15 bits per heavy atom. The second-order valence-electron chi connectivity index (χ2n) is 4.85. The number of nitrogens with zero attached hydrogens (tertiary/aromatic N) is 2. The van der Waals surface area contributed by atoms with Crippen LogP contribution in [0.5, 0.6) is 0 Å².